The molecule has 0 atom stereocenters. The average Bonchev–Trinajstić information content (AvgIpc) is 3.00. The largest absolute Gasteiger partial charge is 0.300 e. The SMILES string of the molecule is c1ccc(-c2ccc(-n3ccc4ccncc43)nc2)nc1. The van der Waals surface area contributed by atoms with Gasteiger partial charge in [-0.1, -0.05) is 6.07 Å². The summed E-state index contributed by atoms with van der Waals surface area (Å²) < 4.78 is 2.03. The molecule has 4 rings (SSSR count). The number of rotatable bonds is 2. The van der Waals surface area contributed by atoms with Crippen LogP contribution in [-0.4, -0.2) is 19.5 Å². The summed E-state index contributed by atoms with van der Waals surface area (Å²) in [4.78, 5) is 13.1. The molecule has 0 saturated heterocycles. The van der Waals surface area contributed by atoms with E-state index in [2.05, 4.69) is 21.0 Å². The lowest BCUT2D eigenvalue weighted by Crippen LogP contribution is -1.96. The van der Waals surface area contributed by atoms with E-state index in [-0.39, 0.29) is 0 Å². The molecule has 0 bridgehead atoms. The molecule has 4 aromatic rings. The average molecular weight is 272 g/mol. The summed E-state index contributed by atoms with van der Waals surface area (Å²) in [5, 5.41) is 1.15. The fourth-order valence-electron chi connectivity index (χ4n) is 2.39. The highest BCUT2D eigenvalue weighted by molar-refractivity contribution is 5.80. The first-order valence-corrected chi connectivity index (χ1v) is 6.71. The van der Waals surface area contributed by atoms with Crippen LogP contribution in [0.1, 0.15) is 0 Å². The van der Waals surface area contributed by atoms with Crippen LogP contribution in [0, 0.1) is 0 Å². The van der Waals surface area contributed by atoms with Gasteiger partial charge in [-0.05, 0) is 36.4 Å². The Morgan fingerprint density at radius 3 is 2.62 bits per heavy atom. The molecule has 0 spiro atoms. The quantitative estimate of drug-likeness (QED) is 0.561. The highest BCUT2D eigenvalue weighted by atomic mass is 15.1. The lowest BCUT2D eigenvalue weighted by Gasteiger charge is -2.05. The molecule has 100 valence electrons. The van der Waals surface area contributed by atoms with E-state index in [0.29, 0.717) is 0 Å². The van der Waals surface area contributed by atoms with Gasteiger partial charge in [0.25, 0.3) is 0 Å². The molecule has 0 amide bonds. The van der Waals surface area contributed by atoms with E-state index >= 15 is 0 Å². The molecule has 0 saturated carbocycles. The summed E-state index contributed by atoms with van der Waals surface area (Å²) in [6.45, 7) is 0. The van der Waals surface area contributed by atoms with Gasteiger partial charge in [0, 0.05) is 35.7 Å². The van der Waals surface area contributed by atoms with Crippen LogP contribution in [0.25, 0.3) is 28.0 Å². The molecule has 4 heteroatoms. The van der Waals surface area contributed by atoms with Crippen LogP contribution in [0.3, 0.4) is 0 Å². The van der Waals surface area contributed by atoms with Gasteiger partial charge in [-0.2, -0.15) is 0 Å². The van der Waals surface area contributed by atoms with Gasteiger partial charge in [0.2, 0.25) is 0 Å². The normalized spacial score (nSPS) is 10.9. The Kier molecular flexibility index (Phi) is 2.71. The van der Waals surface area contributed by atoms with Crippen LogP contribution in [0.15, 0.2) is 73.4 Å². The lowest BCUT2D eigenvalue weighted by atomic mass is 10.2. The Morgan fingerprint density at radius 2 is 1.81 bits per heavy atom. The van der Waals surface area contributed by atoms with E-state index in [0.717, 1.165) is 28.0 Å². The van der Waals surface area contributed by atoms with E-state index in [9.17, 15) is 0 Å². The zero-order chi connectivity index (χ0) is 14.1. The third kappa shape index (κ3) is 2.07. The van der Waals surface area contributed by atoms with Crippen molar-refractivity contribution in [1.29, 1.82) is 0 Å². The second-order valence-corrected chi connectivity index (χ2v) is 4.74. The Labute approximate surface area is 121 Å². The molecular formula is C17H12N4. The van der Waals surface area contributed by atoms with E-state index in [1.807, 2.05) is 59.6 Å². The minimum absolute atomic E-state index is 0.873. The lowest BCUT2D eigenvalue weighted by molar-refractivity contribution is 1.04. The molecule has 0 unspecified atom stereocenters. The third-order valence-corrected chi connectivity index (χ3v) is 3.45. The number of nitrogens with zero attached hydrogens (tertiary/aromatic N) is 4. The summed E-state index contributed by atoms with van der Waals surface area (Å²) in [5.41, 5.74) is 2.99. The van der Waals surface area contributed by atoms with Crippen molar-refractivity contribution in [3.8, 4) is 17.1 Å². The van der Waals surface area contributed by atoms with Gasteiger partial charge in [0.05, 0.1) is 17.4 Å². The number of aromatic nitrogens is 4. The fraction of sp³-hybridized carbons (Fsp3) is 0. The van der Waals surface area contributed by atoms with Crippen molar-refractivity contribution in [1.82, 2.24) is 19.5 Å². The number of hydrogen-bond donors (Lipinski definition) is 0. The molecular weight excluding hydrogens is 260 g/mol. The summed E-state index contributed by atoms with van der Waals surface area (Å²) in [7, 11) is 0. The van der Waals surface area contributed by atoms with Crippen molar-refractivity contribution in [2.24, 2.45) is 0 Å². The Bertz CT molecular complexity index is 879. The maximum Gasteiger partial charge on any atom is 0.137 e. The molecule has 0 aliphatic carbocycles. The number of hydrogen-bond acceptors (Lipinski definition) is 3. The number of pyridine rings is 3. The summed E-state index contributed by atoms with van der Waals surface area (Å²) in [6.07, 6.45) is 9.29. The first-order valence-electron chi connectivity index (χ1n) is 6.71. The minimum atomic E-state index is 0.873. The third-order valence-electron chi connectivity index (χ3n) is 3.45. The Hall–Kier alpha value is -3.01. The number of fused-ring (bicyclic) bond motifs is 1. The Morgan fingerprint density at radius 1 is 0.810 bits per heavy atom. The molecule has 0 aliphatic rings. The molecule has 0 aliphatic heterocycles. The van der Waals surface area contributed by atoms with Gasteiger partial charge in [0.15, 0.2) is 0 Å². The first-order chi connectivity index (χ1) is 10.4. The van der Waals surface area contributed by atoms with Crippen LogP contribution >= 0.6 is 0 Å². The predicted octanol–water partition coefficient (Wildman–Crippen LogP) is 3.48. The second kappa shape index (κ2) is 4.83. The minimum Gasteiger partial charge on any atom is -0.300 e. The van der Waals surface area contributed by atoms with Crippen LogP contribution in [0.4, 0.5) is 0 Å². The van der Waals surface area contributed by atoms with E-state index in [1.165, 1.54) is 0 Å². The van der Waals surface area contributed by atoms with E-state index < -0.39 is 0 Å². The highest BCUT2D eigenvalue weighted by Gasteiger charge is 2.05. The summed E-state index contributed by atoms with van der Waals surface area (Å²) in [6, 6.07) is 13.9. The van der Waals surface area contributed by atoms with Gasteiger partial charge < -0.3 is 0 Å². The summed E-state index contributed by atoms with van der Waals surface area (Å²) in [5.74, 6) is 0.873. The smallest absolute Gasteiger partial charge is 0.137 e. The van der Waals surface area contributed by atoms with E-state index in [4.69, 9.17) is 0 Å². The molecule has 0 fully saturated rings. The van der Waals surface area contributed by atoms with E-state index in [1.54, 1.807) is 12.4 Å². The van der Waals surface area contributed by atoms with Crippen LogP contribution in [-0.2, 0) is 0 Å². The van der Waals surface area contributed by atoms with Gasteiger partial charge in [-0.3, -0.25) is 14.5 Å². The first kappa shape index (κ1) is 11.8. The molecule has 0 radical (unpaired) electrons. The van der Waals surface area contributed by atoms with Gasteiger partial charge >= 0.3 is 0 Å². The van der Waals surface area contributed by atoms with Crippen molar-refractivity contribution in [2.45, 2.75) is 0 Å². The molecule has 0 aromatic carbocycles. The topological polar surface area (TPSA) is 43.6 Å². The van der Waals surface area contributed by atoms with Crippen molar-refractivity contribution in [2.75, 3.05) is 0 Å². The maximum atomic E-state index is 4.54. The van der Waals surface area contributed by atoms with Crippen molar-refractivity contribution in [3.63, 3.8) is 0 Å². The Balaban J connectivity index is 1.77. The summed E-state index contributed by atoms with van der Waals surface area (Å²) >= 11 is 0. The van der Waals surface area contributed by atoms with Gasteiger partial charge in [0.1, 0.15) is 5.82 Å². The zero-order valence-electron chi connectivity index (χ0n) is 11.2. The van der Waals surface area contributed by atoms with Crippen molar-refractivity contribution in [3.05, 3.63) is 73.4 Å². The fourth-order valence-corrected chi connectivity index (χ4v) is 2.39. The van der Waals surface area contributed by atoms with Crippen LogP contribution in [0.2, 0.25) is 0 Å². The molecule has 4 aromatic heterocycles. The molecule has 4 heterocycles. The highest BCUT2D eigenvalue weighted by Crippen LogP contribution is 2.20. The molecule has 0 N–H and O–H groups in total. The van der Waals surface area contributed by atoms with Gasteiger partial charge in [-0.15, -0.1) is 0 Å². The molecule has 4 nitrogen and oxygen atoms in total. The molecule has 21 heavy (non-hydrogen) atoms. The van der Waals surface area contributed by atoms with Crippen molar-refractivity contribution >= 4 is 10.9 Å². The predicted molar refractivity (Wildman–Crippen MR) is 82.1 cm³/mol. The van der Waals surface area contributed by atoms with Gasteiger partial charge in [-0.25, -0.2) is 4.98 Å². The maximum absolute atomic E-state index is 4.54. The monoisotopic (exact) mass is 272 g/mol. The van der Waals surface area contributed by atoms with Crippen LogP contribution in [0.5, 0.6) is 0 Å². The zero-order valence-corrected chi connectivity index (χ0v) is 11.2. The second-order valence-electron chi connectivity index (χ2n) is 4.74. The van der Waals surface area contributed by atoms with Crippen molar-refractivity contribution < 1.29 is 0 Å². The van der Waals surface area contributed by atoms with Crippen LogP contribution < -0.4 is 0 Å². The standard InChI is InChI=1S/C17H12N4/c1-2-8-19-15(3-1)14-4-5-17(20-11-14)21-10-7-13-6-9-18-12-16(13)21/h1-12H.